The van der Waals surface area contributed by atoms with Crippen LogP contribution in [0.3, 0.4) is 0 Å². The van der Waals surface area contributed by atoms with E-state index in [9.17, 15) is 0 Å². The van der Waals surface area contributed by atoms with E-state index in [1.165, 1.54) is 10.4 Å². The minimum absolute atomic E-state index is 0.0452. The zero-order valence-electron chi connectivity index (χ0n) is 15.5. The average molecular weight is 339 g/mol. The van der Waals surface area contributed by atoms with E-state index < -0.39 is 8.32 Å². The van der Waals surface area contributed by atoms with Crippen molar-refractivity contribution in [1.29, 1.82) is 0 Å². The van der Waals surface area contributed by atoms with E-state index in [0.29, 0.717) is 5.92 Å². The summed E-state index contributed by atoms with van der Waals surface area (Å²) in [6.45, 7) is 13.8. The van der Waals surface area contributed by atoms with Crippen LogP contribution in [-0.2, 0) is 4.43 Å². The quantitative estimate of drug-likeness (QED) is 0.522. The van der Waals surface area contributed by atoms with Crippen molar-refractivity contribution in [2.75, 3.05) is 6.61 Å². The van der Waals surface area contributed by atoms with Crippen molar-refractivity contribution in [3.05, 3.63) is 73.3 Å². The lowest BCUT2D eigenvalue weighted by Crippen LogP contribution is -2.66. The predicted molar refractivity (Wildman–Crippen MR) is 108 cm³/mol. The minimum Gasteiger partial charge on any atom is -0.407 e. The van der Waals surface area contributed by atoms with Crippen LogP contribution >= 0.6 is 0 Å². The lowest BCUT2D eigenvalue weighted by molar-refractivity contribution is 0.246. The van der Waals surface area contributed by atoms with Gasteiger partial charge in [0.15, 0.2) is 0 Å². The number of allylic oxidation sites excluding steroid dienone is 1. The van der Waals surface area contributed by atoms with Gasteiger partial charge >= 0.3 is 0 Å². The highest BCUT2D eigenvalue weighted by Crippen LogP contribution is 2.37. The molecule has 0 aliphatic carbocycles. The maximum atomic E-state index is 6.87. The molecule has 2 heteroatoms. The van der Waals surface area contributed by atoms with E-state index in [1.807, 2.05) is 6.08 Å². The van der Waals surface area contributed by atoms with Crippen molar-refractivity contribution in [2.24, 2.45) is 5.92 Å². The standard InChI is InChI=1S/C22H30OSi/c1-6-13-19(2)18-23-24(22(3,4)5,20-14-9-7-10-15-20)21-16-11-8-12-17-21/h6-12,14-17,19H,1,13,18H2,2-5H3. The Hall–Kier alpha value is -1.64. The van der Waals surface area contributed by atoms with E-state index in [2.05, 4.69) is 94.9 Å². The van der Waals surface area contributed by atoms with Crippen LogP contribution in [0, 0.1) is 5.92 Å². The van der Waals surface area contributed by atoms with E-state index in [4.69, 9.17) is 4.43 Å². The van der Waals surface area contributed by atoms with Crippen LogP contribution in [0.4, 0.5) is 0 Å². The minimum atomic E-state index is -2.38. The molecule has 2 aromatic carbocycles. The molecule has 1 unspecified atom stereocenters. The molecular weight excluding hydrogens is 308 g/mol. The molecule has 0 aliphatic heterocycles. The van der Waals surface area contributed by atoms with E-state index in [1.54, 1.807) is 0 Å². The fourth-order valence-electron chi connectivity index (χ4n) is 3.38. The highest BCUT2D eigenvalue weighted by molar-refractivity contribution is 6.99. The zero-order chi connectivity index (χ0) is 17.6. The molecule has 128 valence electrons. The Balaban J connectivity index is 2.55. The maximum Gasteiger partial charge on any atom is 0.261 e. The molecule has 0 N–H and O–H groups in total. The fraction of sp³-hybridized carbons (Fsp3) is 0.364. The van der Waals surface area contributed by atoms with Gasteiger partial charge in [0.1, 0.15) is 0 Å². The molecule has 0 saturated carbocycles. The lowest BCUT2D eigenvalue weighted by atomic mass is 10.1. The molecule has 0 heterocycles. The summed E-state index contributed by atoms with van der Waals surface area (Å²) < 4.78 is 6.87. The number of benzene rings is 2. The van der Waals surface area contributed by atoms with Gasteiger partial charge in [0.25, 0.3) is 8.32 Å². The number of hydrogen-bond acceptors (Lipinski definition) is 1. The van der Waals surface area contributed by atoms with Crippen LogP contribution in [0.2, 0.25) is 5.04 Å². The lowest BCUT2D eigenvalue weighted by Gasteiger charge is -2.43. The van der Waals surface area contributed by atoms with Gasteiger partial charge < -0.3 is 4.43 Å². The van der Waals surface area contributed by atoms with Gasteiger partial charge in [0.2, 0.25) is 0 Å². The zero-order valence-corrected chi connectivity index (χ0v) is 16.5. The fourth-order valence-corrected chi connectivity index (χ4v) is 8.07. The molecule has 0 fully saturated rings. The van der Waals surface area contributed by atoms with Crippen LogP contribution < -0.4 is 10.4 Å². The van der Waals surface area contributed by atoms with Gasteiger partial charge in [-0.05, 0) is 27.8 Å². The van der Waals surface area contributed by atoms with E-state index in [-0.39, 0.29) is 5.04 Å². The molecule has 1 nitrogen and oxygen atoms in total. The van der Waals surface area contributed by atoms with Crippen molar-refractivity contribution in [3.8, 4) is 0 Å². The Morgan fingerprint density at radius 1 is 0.958 bits per heavy atom. The molecule has 2 aromatic rings. The highest BCUT2D eigenvalue weighted by Gasteiger charge is 2.50. The SMILES string of the molecule is C=CCC(C)CO[Si](c1ccccc1)(c1ccccc1)C(C)(C)C. The Morgan fingerprint density at radius 2 is 1.42 bits per heavy atom. The van der Waals surface area contributed by atoms with Gasteiger partial charge in [-0.2, -0.15) is 0 Å². The summed E-state index contributed by atoms with van der Waals surface area (Å²) in [7, 11) is -2.38. The van der Waals surface area contributed by atoms with Crippen molar-refractivity contribution in [1.82, 2.24) is 0 Å². The molecule has 0 aromatic heterocycles. The van der Waals surface area contributed by atoms with E-state index >= 15 is 0 Å². The summed E-state index contributed by atoms with van der Waals surface area (Å²) in [5.41, 5.74) is 0. The second kappa shape index (κ2) is 7.95. The average Bonchev–Trinajstić information content (AvgIpc) is 2.56. The first kappa shape index (κ1) is 18.7. The first-order valence-corrected chi connectivity index (χ1v) is 10.7. The van der Waals surface area contributed by atoms with Gasteiger partial charge in [0.05, 0.1) is 0 Å². The molecule has 0 spiro atoms. The molecule has 0 amide bonds. The second-order valence-electron chi connectivity index (χ2n) is 7.60. The predicted octanol–water partition coefficient (Wildman–Crippen LogP) is 4.78. The summed E-state index contributed by atoms with van der Waals surface area (Å²) in [5, 5.41) is 2.73. The van der Waals surface area contributed by atoms with Gasteiger partial charge in [0, 0.05) is 6.61 Å². The molecule has 24 heavy (non-hydrogen) atoms. The van der Waals surface area contributed by atoms with E-state index in [0.717, 1.165) is 13.0 Å². The van der Waals surface area contributed by atoms with Gasteiger partial charge in [-0.1, -0.05) is 94.4 Å². The normalized spacial score (nSPS) is 13.5. The van der Waals surface area contributed by atoms with Gasteiger partial charge in [-0.15, -0.1) is 6.58 Å². The Labute approximate surface area is 148 Å². The summed E-state index contributed by atoms with van der Waals surface area (Å²) in [4.78, 5) is 0. The van der Waals surface area contributed by atoms with Crippen LogP contribution in [0.5, 0.6) is 0 Å². The highest BCUT2D eigenvalue weighted by atomic mass is 28.4. The summed E-state index contributed by atoms with van der Waals surface area (Å²) in [5.74, 6) is 0.476. The summed E-state index contributed by atoms with van der Waals surface area (Å²) in [6.07, 6.45) is 2.97. The molecule has 1 atom stereocenters. The first-order valence-electron chi connectivity index (χ1n) is 8.77. The smallest absolute Gasteiger partial charge is 0.261 e. The van der Waals surface area contributed by atoms with Crippen molar-refractivity contribution in [3.63, 3.8) is 0 Å². The Kier molecular flexibility index (Phi) is 6.19. The second-order valence-corrected chi connectivity index (χ2v) is 11.9. The monoisotopic (exact) mass is 338 g/mol. The third-order valence-corrected chi connectivity index (χ3v) is 9.58. The third-order valence-electron chi connectivity index (χ3n) is 4.57. The first-order chi connectivity index (χ1) is 11.4. The summed E-state index contributed by atoms with van der Waals surface area (Å²) in [6, 6.07) is 21.6. The molecule has 0 saturated heterocycles. The van der Waals surface area contributed by atoms with Crippen molar-refractivity contribution >= 4 is 18.7 Å². The van der Waals surface area contributed by atoms with Crippen LogP contribution in [0.25, 0.3) is 0 Å². The number of rotatable bonds is 7. The molecule has 2 rings (SSSR count). The topological polar surface area (TPSA) is 9.23 Å². The van der Waals surface area contributed by atoms with Gasteiger partial charge in [-0.25, -0.2) is 0 Å². The van der Waals surface area contributed by atoms with Crippen LogP contribution in [0.1, 0.15) is 34.1 Å². The Bertz CT molecular complexity index is 589. The van der Waals surface area contributed by atoms with Crippen LogP contribution in [0.15, 0.2) is 73.3 Å². The third kappa shape index (κ3) is 3.88. The number of hydrogen-bond donors (Lipinski definition) is 0. The van der Waals surface area contributed by atoms with Gasteiger partial charge in [-0.3, -0.25) is 0 Å². The Morgan fingerprint density at radius 3 is 1.79 bits per heavy atom. The maximum absolute atomic E-state index is 6.87. The van der Waals surface area contributed by atoms with Crippen LogP contribution in [-0.4, -0.2) is 14.9 Å². The largest absolute Gasteiger partial charge is 0.407 e. The molecule has 0 radical (unpaired) electrons. The summed E-state index contributed by atoms with van der Waals surface area (Å²) >= 11 is 0. The molecule has 0 aliphatic rings. The molecular formula is C22H30OSi. The molecule has 0 bridgehead atoms. The van der Waals surface area contributed by atoms with Crippen molar-refractivity contribution < 1.29 is 4.43 Å². The van der Waals surface area contributed by atoms with Crippen molar-refractivity contribution in [2.45, 2.75) is 39.2 Å².